The van der Waals surface area contributed by atoms with E-state index in [4.69, 9.17) is 4.74 Å². The zero-order valence-electron chi connectivity index (χ0n) is 13.9. The number of nitrogens with one attached hydrogen (secondary N) is 1. The monoisotopic (exact) mass is 337 g/mol. The van der Waals surface area contributed by atoms with Crippen LogP contribution in [0.3, 0.4) is 0 Å². The van der Waals surface area contributed by atoms with E-state index in [1.165, 1.54) is 0 Å². The smallest absolute Gasteiger partial charge is 0.271 e. The molecule has 2 aromatic rings. The van der Waals surface area contributed by atoms with Gasteiger partial charge in [0.1, 0.15) is 5.75 Å². The minimum absolute atomic E-state index is 0.125. The van der Waals surface area contributed by atoms with Crippen LogP contribution in [0.5, 0.6) is 5.75 Å². The second kappa shape index (κ2) is 7.61. The molecular weight excluding hydrogens is 318 g/mol. The molecule has 1 heterocycles. The highest BCUT2D eigenvalue weighted by Crippen LogP contribution is 2.21. The number of benzene rings is 2. The Bertz CT molecular complexity index is 800. The van der Waals surface area contributed by atoms with Crippen LogP contribution in [0, 0.1) is 0 Å². The molecule has 1 saturated heterocycles. The number of carbonyl (C=O) groups excluding carboxylic acids is 2. The molecule has 0 atom stereocenters. The topological polar surface area (TPSA) is 71.0 Å². The van der Waals surface area contributed by atoms with Crippen LogP contribution in [0.2, 0.25) is 0 Å². The number of hydrogen-bond acceptors (Lipinski definition) is 4. The summed E-state index contributed by atoms with van der Waals surface area (Å²) in [5.74, 6) is 0.542. The number of hydrogen-bond donors (Lipinski definition) is 1. The molecular formula is C19H19N3O3. The minimum Gasteiger partial charge on any atom is -0.497 e. The largest absolute Gasteiger partial charge is 0.497 e. The molecule has 1 N–H and O–H groups in total. The van der Waals surface area contributed by atoms with E-state index >= 15 is 0 Å². The Morgan fingerprint density at radius 3 is 2.72 bits per heavy atom. The van der Waals surface area contributed by atoms with E-state index < -0.39 is 0 Å². The molecule has 2 amide bonds. The lowest BCUT2D eigenvalue weighted by atomic mass is 10.2. The Hall–Kier alpha value is -3.15. The summed E-state index contributed by atoms with van der Waals surface area (Å²) in [5, 5.41) is 3.96. The van der Waals surface area contributed by atoms with Crippen LogP contribution in [0.1, 0.15) is 28.8 Å². The van der Waals surface area contributed by atoms with Gasteiger partial charge in [0.2, 0.25) is 5.91 Å². The van der Waals surface area contributed by atoms with Gasteiger partial charge in [-0.25, -0.2) is 5.43 Å². The van der Waals surface area contributed by atoms with E-state index in [2.05, 4.69) is 10.5 Å². The molecule has 0 aliphatic carbocycles. The lowest BCUT2D eigenvalue weighted by molar-refractivity contribution is -0.117. The van der Waals surface area contributed by atoms with Gasteiger partial charge in [-0.3, -0.25) is 9.59 Å². The molecule has 3 rings (SSSR count). The third-order valence-corrected chi connectivity index (χ3v) is 3.99. The minimum atomic E-state index is -0.307. The van der Waals surface area contributed by atoms with Crippen LogP contribution in [-0.4, -0.2) is 31.7 Å². The number of ether oxygens (including phenoxy) is 1. The third-order valence-electron chi connectivity index (χ3n) is 3.99. The second-order valence-electron chi connectivity index (χ2n) is 5.67. The van der Waals surface area contributed by atoms with Gasteiger partial charge < -0.3 is 9.64 Å². The number of amides is 2. The van der Waals surface area contributed by atoms with Crippen molar-refractivity contribution >= 4 is 23.7 Å². The Labute approximate surface area is 146 Å². The summed E-state index contributed by atoms with van der Waals surface area (Å²) < 4.78 is 5.14. The summed E-state index contributed by atoms with van der Waals surface area (Å²) in [5.41, 5.74) is 4.62. The average Bonchev–Trinajstić information content (AvgIpc) is 3.08. The maximum atomic E-state index is 12.1. The van der Waals surface area contributed by atoms with E-state index in [1.807, 2.05) is 24.3 Å². The van der Waals surface area contributed by atoms with Gasteiger partial charge in [-0.05, 0) is 48.4 Å². The third kappa shape index (κ3) is 4.03. The maximum Gasteiger partial charge on any atom is 0.271 e. The predicted octanol–water partition coefficient (Wildman–Crippen LogP) is 2.59. The van der Waals surface area contributed by atoms with Crippen LogP contribution in [0.15, 0.2) is 53.6 Å². The van der Waals surface area contributed by atoms with Crippen molar-refractivity contribution in [1.29, 1.82) is 0 Å². The van der Waals surface area contributed by atoms with Crippen molar-refractivity contribution in [3.63, 3.8) is 0 Å². The van der Waals surface area contributed by atoms with Gasteiger partial charge in [0, 0.05) is 24.2 Å². The normalized spacial score (nSPS) is 14.1. The van der Waals surface area contributed by atoms with Crippen molar-refractivity contribution in [2.75, 3.05) is 18.6 Å². The average molecular weight is 337 g/mol. The van der Waals surface area contributed by atoms with Gasteiger partial charge in [0.15, 0.2) is 0 Å². The van der Waals surface area contributed by atoms with Crippen molar-refractivity contribution in [2.24, 2.45) is 5.10 Å². The highest BCUT2D eigenvalue weighted by molar-refractivity contribution is 5.97. The molecule has 2 aromatic carbocycles. The van der Waals surface area contributed by atoms with Gasteiger partial charge in [-0.15, -0.1) is 0 Å². The fourth-order valence-corrected chi connectivity index (χ4v) is 2.67. The first-order chi connectivity index (χ1) is 12.2. The number of carbonyl (C=O) groups is 2. The standard InChI is InChI=1S/C19H19N3O3/c1-25-17-5-2-4-14(12-17)13-20-21-19(24)15-7-9-16(10-8-15)22-11-3-6-18(22)23/h2,4-5,7-10,12-13H,3,6,11H2,1H3,(H,21,24)/b20-13+. The van der Waals surface area contributed by atoms with E-state index in [0.717, 1.165) is 30.0 Å². The summed E-state index contributed by atoms with van der Waals surface area (Å²) in [6.07, 6.45) is 3.01. The molecule has 1 aliphatic rings. The molecule has 0 saturated carbocycles. The Morgan fingerprint density at radius 2 is 2.04 bits per heavy atom. The predicted molar refractivity (Wildman–Crippen MR) is 96.1 cm³/mol. The van der Waals surface area contributed by atoms with Gasteiger partial charge in [0.25, 0.3) is 5.91 Å². The highest BCUT2D eigenvalue weighted by atomic mass is 16.5. The van der Waals surface area contributed by atoms with Gasteiger partial charge in [-0.2, -0.15) is 5.10 Å². The van der Waals surface area contributed by atoms with E-state index in [9.17, 15) is 9.59 Å². The zero-order chi connectivity index (χ0) is 17.6. The molecule has 1 fully saturated rings. The molecule has 6 heteroatoms. The Balaban J connectivity index is 1.61. The van der Waals surface area contributed by atoms with Crippen LogP contribution < -0.4 is 15.1 Å². The van der Waals surface area contributed by atoms with Gasteiger partial charge in [-0.1, -0.05) is 12.1 Å². The molecule has 0 bridgehead atoms. The molecule has 0 unspecified atom stereocenters. The number of rotatable bonds is 5. The van der Waals surface area contributed by atoms with Crippen LogP contribution in [0.25, 0.3) is 0 Å². The number of hydrazone groups is 1. The Morgan fingerprint density at radius 1 is 1.24 bits per heavy atom. The van der Waals surface area contributed by atoms with Crippen molar-refractivity contribution in [2.45, 2.75) is 12.8 Å². The molecule has 25 heavy (non-hydrogen) atoms. The van der Waals surface area contributed by atoms with Gasteiger partial charge >= 0.3 is 0 Å². The fourth-order valence-electron chi connectivity index (χ4n) is 2.67. The first kappa shape index (κ1) is 16.7. The van der Waals surface area contributed by atoms with Crippen LogP contribution >= 0.6 is 0 Å². The summed E-state index contributed by atoms with van der Waals surface area (Å²) in [6, 6.07) is 14.3. The fraction of sp³-hybridized carbons (Fsp3) is 0.211. The summed E-state index contributed by atoms with van der Waals surface area (Å²) in [7, 11) is 1.59. The zero-order valence-corrected chi connectivity index (χ0v) is 13.9. The maximum absolute atomic E-state index is 12.1. The molecule has 6 nitrogen and oxygen atoms in total. The summed E-state index contributed by atoms with van der Waals surface area (Å²) >= 11 is 0. The lowest BCUT2D eigenvalue weighted by Gasteiger charge is -2.15. The second-order valence-corrected chi connectivity index (χ2v) is 5.67. The van der Waals surface area contributed by atoms with E-state index in [0.29, 0.717) is 12.0 Å². The number of methoxy groups -OCH3 is 1. The summed E-state index contributed by atoms with van der Waals surface area (Å²) in [6.45, 7) is 0.731. The van der Waals surface area contributed by atoms with Crippen molar-refractivity contribution in [3.8, 4) is 5.75 Å². The van der Waals surface area contributed by atoms with E-state index in [-0.39, 0.29) is 11.8 Å². The molecule has 0 spiro atoms. The Kier molecular flexibility index (Phi) is 5.09. The molecule has 128 valence electrons. The first-order valence-corrected chi connectivity index (χ1v) is 8.05. The van der Waals surface area contributed by atoms with E-state index in [1.54, 1.807) is 42.5 Å². The quantitative estimate of drug-likeness (QED) is 0.673. The summed E-state index contributed by atoms with van der Waals surface area (Å²) in [4.78, 5) is 25.6. The first-order valence-electron chi connectivity index (χ1n) is 8.05. The molecule has 0 aromatic heterocycles. The van der Waals surface area contributed by atoms with Crippen molar-refractivity contribution in [1.82, 2.24) is 5.43 Å². The van der Waals surface area contributed by atoms with Crippen LogP contribution in [0.4, 0.5) is 5.69 Å². The SMILES string of the molecule is COc1cccc(/C=N/NC(=O)c2ccc(N3CCCC3=O)cc2)c1. The van der Waals surface area contributed by atoms with Crippen LogP contribution in [-0.2, 0) is 4.79 Å². The van der Waals surface area contributed by atoms with Crippen molar-refractivity contribution in [3.05, 3.63) is 59.7 Å². The van der Waals surface area contributed by atoms with Gasteiger partial charge in [0.05, 0.1) is 13.3 Å². The number of nitrogens with zero attached hydrogens (tertiary/aromatic N) is 2. The highest BCUT2D eigenvalue weighted by Gasteiger charge is 2.21. The number of anilines is 1. The molecule has 1 aliphatic heterocycles. The lowest BCUT2D eigenvalue weighted by Crippen LogP contribution is -2.24. The molecule has 0 radical (unpaired) electrons. The van der Waals surface area contributed by atoms with Crippen molar-refractivity contribution < 1.29 is 14.3 Å².